The number of hydrogen-bond acceptors (Lipinski definition) is 3. The number of carbonyl (C=O) groups is 1. The Balaban J connectivity index is 1.40. The normalized spacial score (nSPS) is 17.6. The molecule has 24 heavy (non-hydrogen) atoms. The van der Waals surface area contributed by atoms with Crippen molar-refractivity contribution in [3.8, 4) is 0 Å². The molecule has 3 rings (SSSR count). The summed E-state index contributed by atoms with van der Waals surface area (Å²) in [4.78, 5) is 18.4. The lowest BCUT2D eigenvalue weighted by molar-refractivity contribution is 0.247. The fraction of sp³-hybridized carbons (Fsp3) is 0.333. The summed E-state index contributed by atoms with van der Waals surface area (Å²) >= 11 is 0. The molecule has 0 radical (unpaired) electrons. The zero-order chi connectivity index (χ0) is 16.8. The van der Waals surface area contributed by atoms with Crippen molar-refractivity contribution in [1.29, 1.82) is 0 Å². The standard InChI is InChI=1S/C18H21FN4O/c19-15-1-3-16(4-2-15)21-18(24)22-17-8-12-23(13-17)11-7-14-5-9-20-10-6-14/h1-6,9-10,17H,7-8,11-13H2,(H2,21,22,24)/t17-/m0/s1. The van der Waals surface area contributed by atoms with Crippen LogP contribution in [0.2, 0.25) is 0 Å². The molecule has 1 aliphatic rings. The van der Waals surface area contributed by atoms with Gasteiger partial charge in [-0.2, -0.15) is 0 Å². The van der Waals surface area contributed by atoms with Gasteiger partial charge in [0.15, 0.2) is 0 Å². The first-order chi connectivity index (χ1) is 11.7. The molecule has 6 heteroatoms. The van der Waals surface area contributed by atoms with Gasteiger partial charge in [0.1, 0.15) is 5.82 Å². The van der Waals surface area contributed by atoms with E-state index in [2.05, 4.69) is 20.5 Å². The van der Waals surface area contributed by atoms with Crippen molar-refractivity contribution in [2.75, 3.05) is 25.0 Å². The maximum absolute atomic E-state index is 12.9. The Morgan fingerprint density at radius 3 is 2.71 bits per heavy atom. The molecule has 1 saturated heterocycles. The number of amides is 2. The van der Waals surface area contributed by atoms with E-state index in [-0.39, 0.29) is 17.9 Å². The number of urea groups is 1. The summed E-state index contributed by atoms with van der Waals surface area (Å²) < 4.78 is 12.9. The first kappa shape index (κ1) is 16.4. The minimum atomic E-state index is -0.318. The Labute approximate surface area is 140 Å². The number of nitrogens with zero attached hydrogens (tertiary/aromatic N) is 2. The molecule has 2 amide bonds. The van der Waals surface area contributed by atoms with E-state index in [1.165, 1.54) is 17.7 Å². The zero-order valence-electron chi connectivity index (χ0n) is 13.4. The first-order valence-corrected chi connectivity index (χ1v) is 8.13. The molecule has 1 fully saturated rings. The van der Waals surface area contributed by atoms with Crippen molar-refractivity contribution in [1.82, 2.24) is 15.2 Å². The molecular weight excluding hydrogens is 307 g/mol. The average Bonchev–Trinajstić information content (AvgIpc) is 3.03. The smallest absolute Gasteiger partial charge is 0.319 e. The minimum Gasteiger partial charge on any atom is -0.334 e. The number of hydrogen-bond donors (Lipinski definition) is 2. The van der Waals surface area contributed by atoms with Crippen molar-refractivity contribution in [2.45, 2.75) is 18.9 Å². The topological polar surface area (TPSA) is 57.3 Å². The zero-order valence-corrected chi connectivity index (χ0v) is 13.4. The number of likely N-dealkylation sites (tertiary alicyclic amines) is 1. The van der Waals surface area contributed by atoms with Crippen LogP contribution in [0.3, 0.4) is 0 Å². The second-order valence-corrected chi connectivity index (χ2v) is 6.00. The Hall–Kier alpha value is -2.47. The van der Waals surface area contributed by atoms with E-state index in [0.29, 0.717) is 5.69 Å². The maximum Gasteiger partial charge on any atom is 0.319 e. The highest BCUT2D eigenvalue weighted by Gasteiger charge is 2.23. The number of rotatable bonds is 5. The van der Waals surface area contributed by atoms with Gasteiger partial charge in [0, 0.05) is 43.8 Å². The molecule has 0 bridgehead atoms. The largest absolute Gasteiger partial charge is 0.334 e. The number of benzene rings is 1. The molecule has 2 N–H and O–H groups in total. The van der Waals surface area contributed by atoms with Gasteiger partial charge in [0.25, 0.3) is 0 Å². The summed E-state index contributed by atoms with van der Waals surface area (Å²) in [5.74, 6) is -0.318. The average molecular weight is 328 g/mol. The molecule has 126 valence electrons. The van der Waals surface area contributed by atoms with Crippen LogP contribution < -0.4 is 10.6 Å². The quantitative estimate of drug-likeness (QED) is 0.887. The lowest BCUT2D eigenvalue weighted by Crippen LogP contribution is -2.39. The Bertz CT molecular complexity index is 662. The summed E-state index contributed by atoms with van der Waals surface area (Å²) in [6.07, 6.45) is 5.54. The van der Waals surface area contributed by atoms with Crippen LogP contribution in [0.4, 0.5) is 14.9 Å². The Morgan fingerprint density at radius 2 is 1.96 bits per heavy atom. The van der Waals surface area contributed by atoms with Crippen molar-refractivity contribution in [2.24, 2.45) is 0 Å². The SMILES string of the molecule is O=C(Nc1ccc(F)cc1)N[C@H]1CCN(CCc2ccncc2)C1. The summed E-state index contributed by atoms with van der Waals surface area (Å²) in [6, 6.07) is 9.70. The van der Waals surface area contributed by atoms with E-state index in [1.807, 2.05) is 24.5 Å². The third-order valence-electron chi connectivity index (χ3n) is 4.18. The second kappa shape index (κ2) is 7.88. The molecule has 0 unspecified atom stereocenters. The maximum atomic E-state index is 12.9. The van der Waals surface area contributed by atoms with E-state index in [9.17, 15) is 9.18 Å². The third-order valence-corrected chi connectivity index (χ3v) is 4.18. The molecule has 2 aromatic rings. The molecule has 1 aromatic carbocycles. The summed E-state index contributed by atoms with van der Waals surface area (Å²) in [5, 5.41) is 5.70. The van der Waals surface area contributed by atoms with Gasteiger partial charge in [-0.1, -0.05) is 0 Å². The highest BCUT2D eigenvalue weighted by atomic mass is 19.1. The van der Waals surface area contributed by atoms with E-state index in [4.69, 9.17) is 0 Å². The lowest BCUT2D eigenvalue weighted by Gasteiger charge is -2.17. The van der Waals surface area contributed by atoms with Crippen molar-refractivity contribution >= 4 is 11.7 Å². The molecule has 2 heterocycles. The first-order valence-electron chi connectivity index (χ1n) is 8.13. The van der Waals surface area contributed by atoms with Crippen LogP contribution in [-0.2, 0) is 6.42 Å². The molecule has 0 spiro atoms. The van der Waals surface area contributed by atoms with Crippen LogP contribution in [0.1, 0.15) is 12.0 Å². The Kier molecular flexibility index (Phi) is 5.38. The van der Waals surface area contributed by atoms with Gasteiger partial charge in [-0.05, 0) is 54.8 Å². The highest BCUT2D eigenvalue weighted by molar-refractivity contribution is 5.89. The molecular formula is C18H21FN4O. The minimum absolute atomic E-state index is 0.142. The number of nitrogens with one attached hydrogen (secondary N) is 2. The van der Waals surface area contributed by atoms with Gasteiger partial charge < -0.3 is 15.5 Å². The number of halogens is 1. The van der Waals surface area contributed by atoms with Crippen LogP contribution in [0.25, 0.3) is 0 Å². The lowest BCUT2D eigenvalue weighted by atomic mass is 10.2. The van der Waals surface area contributed by atoms with Gasteiger partial charge in [-0.3, -0.25) is 4.98 Å². The van der Waals surface area contributed by atoms with Crippen molar-refractivity contribution < 1.29 is 9.18 Å². The van der Waals surface area contributed by atoms with E-state index >= 15 is 0 Å². The van der Waals surface area contributed by atoms with Gasteiger partial charge in [0.05, 0.1) is 0 Å². The molecule has 1 aliphatic heterocycles. The highest BCUT2D eigenvalue weighted by Crippen LogP contribution is 2.12. The van der Waals surface area contributed by atoms with Gasteiger partial charge in [-0.25, -0.2) is 9.18 Å². The van der Waals surface area contributed by atoms with Crippen LogP contribution in [0, 0.1) is 5.82 Å². The third kappa shape index (κ3) is 4.76. The van der Waals surface area contributed by atoms with Crippen LogP contribution in [-0.4, -0.2) is 41.6 Å². The summed E-state index contributed by atoms with van der Waals surface area (Å²) in [7, 11) is 0. The predicted molar refractivity (Wildman–Crippen MR) is 91.3 cm³/mol. The molecule has 0 saturated carbocycles. The summed E-state index contributed by atoms with van der Waals surface area (Å²) in [5.41, 5.74) is 1.86. The van der Waals surface area contributed by atoms with Crippen molar-refractivity contribution in [3.05, 3.63) is 60.2 Å². The van der Waals surface area contributed by atoms with Gasteiger partial charge in [0.2, 0.25) is 0 Å². The van der Waals surface area contributed by atoms with Gasteiger partial charge >= 0.3 is 6.03 Å². The number of anilines is 1. The van der Waals surface area contributed by atoms with E-state index < -0.39 is 0 Å². The van der Waals surface area contributed by atoms with Crippen LogP contribution in [0.5, 0.6) is 0 Å². The number of aromatic nitrogens is 1. The number of carbonyl (C=O) groups excluding carboxylic acids is 1. The van der Waals surface area contributed by atoms with Crippen LogP contribution >= 0.6 is 0 Å². The fourth-order valence-corrected chi connectivity index (χ4v) is 2.88. The molecule has 1 atom stereocenters. The second-order valence-electron chi connectivity index (χ2n) is 6.00. The molecule has 1 aromatic heterocycles. The van der Waals surface area contributed by atoms with Gasteiger partial charge in [-0.15, -0.1) is 0 Å². The monoisotopic (exact) mass is 328 g/mol. The van der Waals surface area contributed by atoms with E-state index in [1.54, 1.807) is 12.1 Å². The molecule has 0 aliphatic carbocycles. The van der Waals surface area contributed by atoms with Crippen LogP contribution in [0.15, 0.2) is 48.8 Å². The van der Waals surface area contributed by atoms with E-state index in [0.717, 1.165) is 32.5 Å². The number of pyridine rings is 1. The predicted octanol–water partition coefficient (Wildman–Crippen LogP) is 2.66. The molecule has 5 nitrogen and oxygen atoms in total. The Morgan fingerprint density at radius 1 is 1.21 bits per heavy atom. The van der Waals surface area contributed by atoms with Crippen molar-refractivity contribution in [3.63, 3.8) is 0 Å². The summed E-state index contributed by atoms with van der Waals surface area (Å²) in [6.45, 7) is 2.80. The fourth-order valence-electron chi connectivity index (χ4n) is 2.88.